The molecule has 0 N–H and O–H groups in total. The third-order valence-electron chi connectivity index (χ3n) is 1.85. The van der Waals surface area contributed by atoms with Crippen molar-refractivity contribution in [3.05, 3.63) is 28.0 Å². The van der Waals surface area contributed by atoms with E-state index in [0.29, 0.717) is 0 Å². The Morgan fingerprint density at radius 3 is 1.77 bits per heavy atom. The lowest BCUT2D eigenvalue weighted by atomic mass is 10.3. The lowest BCUT2D eigenvalue weighted by Gasteiger charge is -2.17. The monoisotopic (exact) mass is 236 g/mol. The van der Waals surface area contributed by atoms with Gasteiger partial charge in [0.1, 0.15) is 0 Å². The van der Waals surface area contributed by atoms with Crippen LogP contribution in [0.5, 0.6) is 0 Å². The molecule has 0 spiro atoms. The molecule has 0 fully saturated rings. The van der Waals surface area contributed by atoms with Gasteiger partial charge < -0.3 is 0 Å². The van der Waals surface area contributed by atoms with Crippen LogP contribution in [0.25, 0.3) is 0 Å². The lowest BCUT2D eigenvalue weighted by molar-refractivity contribution is 0.629. The molecule has 1 aromatic carbocycles. The highest BCUT2D eigenvalue weighted by Crippen LogP contribution is 2.22. The highest BCUT2D eigenvalue weighted by Gasteiger charge is 2.19. The zero-order valence-corrected chi connectivity index (χ0v) is 10.3. The van der Waals surface area contributed by atoms with E-state index in [0.717, 1.165) is 5.19 Å². The zero-order valence-electron chi connectivity index (χ0n) is 7.79. The van der Waals surface area contributed by atoms with Gasteiger partial charge in [0, 0.05) is 0 Å². The van der Waals surface area contributed by atoms with E-state index in [1.807, 2.05) is 0 Å². The Labute approximate surface area is 88.7 Å². The topological polar surface area (TPSA) is 0 Å². The van der Waals surface area contributed by atoms with Crippen molar-refractivity contribution in [1.82, 2.24) is 0 Å². The molecular weight excluding hydrogens is 226 g/mol. The summed E-state index contributed by atoms with van der Waals surface area (Å²) in [5.41, 5.74) is 0. The van der Waals surface area contributed by atoms with Crippen LogP contribution in [0.4, 0.5) is 4.39 Å². The van der Waals surface area contributed by atoms with E-state index in [1.54, 1.807) is 12.1 Å². The highest BCUT2D eigenvalue weighted by atomic mass is 35.5. The van der Waals surface area contributed by atoms with Crippen molar-refractivity contribution in [3.63, 3.8) is 0 Å². The van der Waals surface area contributed by atoms with E-state index >= 15 is 0 Å². The molecule has 0 unspecified atom stereocenters. The number of hydrogen-bond acceptors (Lipinski definition) is 0. The summed E-state index contributed by atoms with van der Waals surface area (Å²) in [5.74, 6) is -0.523. The van der Waals surface area contributed by atoms with Crippen LogP contribution >= 0.6 is 23.2 Å². The SMILES string of the molecule is C[Si](C)(C)c1cc(Cl)c(F)c(Cl)c1. The van der Waals surface area contributed by atoms with Gasteiger partial charge in [0.05, 0.1) is 18.1 Å². The molecule has 0 aromatic heterocycles. The van der Waals surface area contributed by atoms with Crippen LogP contribution in [-0.4, -0.2) is 8.07 Å². The first kappa shape index (κ1) is 11.0. The van der Waals surface area contributed by atoms with Gasteiger partial charge in [-0.25, -0.2) is 4.39 Å². The molecule has 0 heterocycles. The molecule has 1 rings (SSSR count). The van der Waals surface area contributed by atoms with E-state index in [9.17, 15) is 4.39 Å². The molecule has 0 atom stereocenters. The quantitative estimate of drug-likeness (QED) is 0.516. The van der Waals surface area contributed by atoms with Crippen LogP contribution in [-0.2, 0) is 0 Å². The maximum atomic E-state index is 13.1. The van der Waals surface area contributed by atoms with Crippen molar-refractivity contribution >= 4 is 36.5 Å². The van der Waals surface area contributed by atoms with Crippen molar-refractivity contribution in [2.24, 2.45) is 0 Å². The Balaban J connectivity index is 3.29. The first-order valence-electron chi connectivity index (χ1n) is 3.97. The molecule has 0 bridgehead atoms. The van der Waals surface area contributed by atoms with Crippen molar-refractivity contribution < 1.29 is 4.39 Å². The third-order valence-corrected chi connectivity index (χ3v) is 4.42. The van der Waals surface area contributed by atoms with Crippen LogP contribution in [0, 0.1) is 5.82 Å². The number of benzene rings is 1. The van der Waals surface area contributed by atoms with E-state index in [-0.39, 0.29) is 10.0 Å². The van der Waals surface area contributed by atoms with Gasteiger partial charge >= 0.3 is 0 Å². The van der Waals surface area contributed by atoms with Crippen LogP contribution < -0.4 is 5.19 Å². The van der Waals surface area contributed by atoms with Gasteiger partial charge in [-0.3, -0.25) is 0 Å². The zero-order chi connectivity index (χ0) is 10.2. The molecule has 4 heteroatoms. The van der Waals surface area contributed by atoms with Gasteiger partial charge in [0.2, 0.25) is 0 Å². The lowest BCUT2D eigenvalue weighted by Crippen LogP contribution is -2.37. The Bertz CT molecular complexity index is 308. The van der Waals surface area contributed by atoms with Crippen molar-refractivity contribution in [2.75, 3.05) is 0 Å². The molecule has 0 aliphatic rings. The summed E-state index contributed by atoms with van der Waals surface area (Å²) in [5, 5.41) is 1.30. The average Bonchev–Trinajstić information content (AvgIpc) is 1.97. The summed E-state index contributed by atoms with van der Waals surface area (Å²) in [7, 11) is -1.45. The third kappa shape index (κ3) is 2.45. The number of rotatable bonds is 1. The second-order valence-electron chi connectivity index (χ2n) is 4.00. The molecule has 0 saturated carbocycles. The van der Waals surface area contributed by atoms with E-state index < -0.39 is 13.9 Å². The molecular formula is C9H11Cl2FSi. The standard InChI is InChI=1S/C9H11Cl2FSi/c1-13(2,3)6-4-7(10)9(12)8(11)5-6/h4-5H,1-3H3. The van der Waals surface area contributed by atoms with Crippen LogP contribution in [0.15, 0.2) is 12.1 Å². The molecule has 0 amide bonds. The molecule has 0 aliphatic carbocycles. The predicted molar refractivity (Wildman–Crippen MR) is 59.4 cm³/mol. The normalized spacial score (nSPS) is 11.8. The Morgan fingerprint density at radius 1 is 1.08 bits per heavy atom. The summed E-state index contributed by atoms with van der Waals surface area (Å²) in [6, 6.07) is 3.35. The fourth-order valence-electron chi connectivity index (χ4n) is 0.989. The van der Waals surface area contributed by atoms with Crippen molar-refractivity contribution in [1.29, 1.82) is 0 Å². The minimum atomic E-state index is -1.45. The van der Waals surface area contributed by atoms with Crippen LogP contribution in [0.2, 0.25) is 29.7 Å². The minimum absolute atomic E-state index is 0.116. The summed E-state index contributed by atoms with van der Waals surface area (Å²) in [6.07, 6.45) is 0. The smallest absolute Gasteiger partial charge is 0.160 e. The van der Waals surface area contributed by atoms with Crippen LogP contribution in [0.3, 0.4) is 0 Å². The van der Waals surface area contributed by atoms with Gasteiger partial charge in [0.25, 0.3) is 0 Å². The van der Waals surface area contributed by atoms with E-state index in [4.69, 9.17) is 23.2 Å². The maximum absolute atomic E-state index is 13.1. The molecule has 0 nitrogen and oxygen atoms in total. The van der Waals surface area contributed by atoms with Gasteiger partial charge in [0.15, 0.2) is 5.82 Å². The van der Waals surface area contributed by atoms with Gasteiger partial charge in [-0.05, 0) is 12.1 Å². The summed E-state index contributed by atoms with van der Waals surface area (Å²) < 4.78 is 13.1. The van der Waals surface area contributed by atoms with Gasteiger partial charge in [-0.15, -0.1) is 0 Å². The summed E-state index contributed by atoms with van der Waals surface area (Å²) >= 11 is 11.4. The Hall–Kier alpha value is -0.0531. The molecule has 72 valence electrons. The fraction of sp³-hybridized carbons (Fsp3) is 0.333. The van der Waals surface area contributed by atoms with Gasteiger partial charge in [-0.1, -0.05) is 48.0 Å². The predicted octanol–water partition coefficient (Wildman–Crippen LogP) is 3.68. The molecule has 13 heavy (non-hydrogen) atoms. The first-order valence-corrected chi connectivity index (χ1v) is 8.23. The number of hydrogen-bond donors (Lipinski definition) is 0. The minimum Gasteiger partial charge on any atom is -0.204 e. The first-order chi connectivity index (χ1) is 5.82. The van der Waals surface area contributed by atoms with Crippen LogP contribution in [0.1, 0.15) is 0 Å². The fourth-order valence-corrected chi connectivity index (χ4v) is 2.81. The summed E-state index contributed by atoms with van der Waals surface area (Å²) in [4.78, 5) is 0. The van der Waals surface area contributed by atoms with E-state index in [2.05, 4.69) is 19.6 Å². The maximum Gasteiger partial charge on any atom is 0.160 e. The molecule has 0 aliphatic heterocycles. The van der Waals surface area contributed by atoms with Gasteiger partial charge in [-0.2, -0.15) is 0 Å². The average molecular weight is 237 g/mol. The largest absolute Gasteiger partial charge is 0.204 e. The summed E-state index contributed by atoms with van der Waals surface area (Å²) in [6.45, 7) is 6.48. The molecule has 0 saturated heterocycles. The molecule has 1 aromatic rings. The highest BCUT2D eigenvalue weighted by molar-refractivity contribution is 6.88. The van der Waals surface area contributed by atoms with Crippen molar-refractivity contribution in [2.45, 2.75) is 19.6 Å². The number of halogens is 3. The molecule has 0 radical (unpaired) electrons. The van der Waals surface area contributed by atoms with E-state index in [1.165, 1.54) is 0 Å². The second kappa shape index (κ2) is 3.60. The van der Waals surface area contributed by atoms with Crippen molar-refractivity contribution in [3.8, 4) is 0 Å². The second-order valence-corrected chi connectivity index (χ2v) is 9.90. The Kier molecular flexibility index (Phi) is 3.05. The Morgan fingerprint density at radius 2 is 1.46 bits per heavy atom.